The molecule has 0 aliphatic rings. The third-order valence-electron chi connectivity index (χ3n) is 6.83. The van der Waals surface area contributed by atoms with Crippen LogP contribution in [0.3, 0.4) is 0 Å². The second-order valence-corrected chi connectivity index (χ2v) is 12.9. The Kier molecular flexibility index (Phi) is 10.4. The van der Waals surface area contributed by atoms with E-state index < -0.39 is 10.0 Å². The number of sulfonamides is 1. The summed E-state index contributed by atoms with van der Waals surface area (Å²) in [6, 6.07) is 22.3. The molecule has 3 aromatic carbocycles. The van der Waals surface area contributed by atoms with Gasteiger partial charge >= 0.3 is 0 Å². The van der Waals surface area contributed by atoms with Gasteiger partial charge in [0, 0.05) is 30.0 Å². The van der Waals surface area contributed by atoms with E-state index in [1.165, 1.54) is 11.4 Å². The van der Waals surface area contributed by atoms with Crippen LogP contribution < -0.4 is 9.47 Å². The third kappa shape index (κ3) is 7.65. The number of thiophene rings is 1. The van der Waals surface area contributed by atoms with Gasteiger partial charge in [-0.05, 0) is 66.1 Å². The van der Waals surface area contributed by atoms with Crippen molar-refractivity contribution in [1.82, 2.24) is 9.21 Å². The number of hydrogen-bond acceptors (Lipinski definition) is 7. The SMILES string of the molecule is COCCN(CC(=O)N(CCc1ccc(OC)c(OC)c1)Cc1ccc(C)s1)S(=O)(=O)c1ccc2ccccc2c1. The number of rotatable bonds is 14. The molecule has 0 atom stereocenters. The number of carbonyl (C=O) groups excluding carboxylic acids is 1. The summed E-state index contributed by atoms with van der Waals surface area (Å²) in [6.45, 7) is 2.73. The average Bonchev–Trinajstić information content (AvgIpc) is 3.40. The van der Waals surface area contributed by atoms with Gasteiger partial charge in [0.1, 0.15) is 0 Å². The highest BCUT2D eigenvalue weighted by Crippen LogP contribution is 2.28. The van der Waals surface area contributed by atoms with E-state index in [-0.39, 0.29) is 30.5 Å². The summed E-state index contributed by atoms with van der Waals surface area (Å²) in [7, 11) is 0.713. The number of carbonyl (C=O) groups is 1. The van der Waals surface area contributed by atoms with Gasteiger partial charge in [-0.15, -0.1) is 11.3 Å². The van der Waals surface area contributed by atoms with Gasteiger partial charge in [-0.3, -0.25) is 4.79 Å². The van der Waals surface area contributed by atoms with E-state index in [2.05, 4.69) is 0 Å². The Morgan fingerprint density at radius 3 is 2.29 bits per heavy atom. The minimum absolute atomic E-state index is 0.0546. The fraction of sp³-hybridized carbons (Fsp3) is 0.323. The fourth-order valence-corrected chi connectivity index (χ4v) is 6.87. The first-order valence-electron chi connectivity index (χ1n) is 13.3. The highest BCUT2D eigenvalue weighted by atomic mass is 32.2. The summed E-state index contributed by atoms with van der Waals surface area (Å²) < 4.78 is 44.8. The van der Waals surface area contributed by atoms with Gasteiger partial charge < -0.3 is 19.1 Å². The number of amides is 1. The predicted molar refractivity (Wildman–Crippen MR) is 162 cm³/mol. The van der Waals surface area contributed by atoms with Crippen LogP contribution in [0.1, 0.15) is 15.3 Å². The second kappa shape index (κ2) is 14.0. The largest absolute Gasteiger partial charge is 0.493 e. The van der Waals surface area contributed by atoms with E-state index in [0.29, 0.717) is 31.0 Å². The molecule has 1 amide bonds. The van der Waals surface area contributed by atoms with E-state index in [1.54, 1.807) is 48.7 Å². The van der Waals surface area contributed by atoms with Crippen molar-refractivity contribution in [3.8, 4) is 11.5 Å². The molecule has 0 radical (unpaired) electrons. The zero-order valence-corrected chi connectivity index (χ0v) is 25.5. The molecule has 0 bridgehead atoms. The highest BCUT2D eigenvalue weighted by molar-refractivity contribution is 7.89. The van der Waals surface area contributed by atoms with Gasteiger partial charge in [0.05, 0.1) is 38.8 Å². The van der Waals surface area contributed by atoms with Gasteiger partial charge in [0.2, 0.25) is 15.9 Å². The Morgan fingerprint density at radius 2 is 1.61 bits per heavy atom. The minimum atomic E-state index is -3.97. The van der Waals surface area contributed by atoms with E-state index >= 15 is 0 Å². The van der Waals surface area contributed by atoms with Crippen LogP contribution in [-0.4, -0.2) is 71.1 Å². The zero-order chi connectivity index (χ0) is 29.4. The van der Waals surface area contributed by atoms with Crippen LogP contribution >= 0.6 is 11.3 Å². The van der Waals surface area contributed by atoms with Gasteiger partial charge in [0.25, 0.3) is 0 Å². The van der Waals surface area contributed by atoms with Crippen molar-refractivity contribution < 1.29 is 27.4 Å². The lowest BCUT2D eigenvalue weighted by atomic mass is 10.1. The van der Waals surface area contributed by atoms with Gasteiger partial charge in [-0.25, -0.2) is 8.42 Å². The van der Waals surface area contributed by atoms with E-state index in [1.807, 2.05) is 61.5 Å². The Morgan fingerprint density at radius 1 is 0.854 bits per heavy atom. The molecule has 0 N–H and O–H groups in total. The van der Waals surface area contributed by atoms with Crippen LogP contribution in [0.25, 0.3) is 10.8 Å². The molecule has 4 rings (SSSR count). The smallest absolute Gasteiger partial charge is 0.243 e. The van der Waals surface area contributed by atoms with Crippen LogP contribution in [0, 0.1) is 6.92 Å². The number of aryl methyl sites for hydroxylation is 1. The molecule has 0 saturated carbocycles. The Bertz CT molecular complexity index is 1580. The maximum absolute atomic E-state index is 13.8. The molecule has 8 nitrogen and oxygen atoms in total. The summed E-state index contributed by atoms with van der Waals surface area (Å²) in [4.78, 5) is 17.8. The summed E-state index contributed by atoms with van der Waals surface area (Å²) in [6.07, 6.45) is 0.561. The third-order valence-corrected chi connectivity index (χ3v) is 9.66. The molecule has 10 heteroatoms. The molecule has 0 aliphatic carbocycles. The molecule has 0 aliphatic heterocycles. The summed E-state index contributed by atoms with van der Waals surface area (Å²) in [5.41, 5.74) is 0.975. The van der Waals surface area contributed by atoms with E-state index in [9.17, 15) is 13.2 Å². The van der Waals surface area contributed by atoms with Crippen LogP contribution in [0.15, 0.2) is 77.7 Å². The highest BCUT2D eigenvalue weighted by Gasteiger charge is 2.29. The maximum Gasteiger partial charge on any atom is 0.243 e. The fourth-order valence-electron chi connectivity index (χ4n) is 4.56. The molecular weight excluding hydrogens is 560 g/mol. The van der Waals surface area contributed by atoms with Gasteiger partial charge in [0.15, 0.2) is 11.5 Å². The number of methoxy groups -OCH3 is 3. The van der Waals surface area contributed by atoms with Crippen molar-refractivity contribution in [3.05, 3.63) is 88.1 Å². The molecule has 0 unspecified atom stereocenters. The van der Waals surface area contributed by atoms with E-state index in [0.717, 1.165) is 26.1 Å². The monoisotopic (exact) mass is 596 g/mol. The lowest BCUT2D eigenvalue weighted by Crippen LogP contribution is -2.44. The lowest BCUT2D eigenvalue weighted by molar-refractivity contribution is -0.132. The van der Waals surface area contributed by atoms with Crippen LogP contribution in [-0.2, 0) is 32.5 Å². The Balaban J connectivity index is 1.58. The first-order chi connectivity index (χ1) is 19.7. The molecule has 0 saturated heterocycles. The second-order valence-electron chi connectivity index (χ2n) is 9.61. The van der Waals surface area contributed by atoms with Crippen molar-refractivity contribution in [2.45, 2.75) is 24.8 Å². The molecule has 0 fully saturated rings. The lowest BCUT2D eigenvalue weighted by Gasteiger charge is -2.27. The first kappa shape index (κ1) is 30.5. The molecule has 0 spiro atoms. The van der Waals surface area contributed by atoms with E-state index in [4.69, 9.17) is 14.2 Å². The van der Waals surface area contributed by atoms with Crippen molar-refractivity contribution in [3.63, 3.8) is 0 Å². The summed E-state index contributed by atoms with van der Waals surface area (Å²) in [5.74, 6) is 0.965. The number of nitrogens with zero attached hydrogens (tertiary/aromatic N) is 2. The Labute approximate surface area is 246 Å². The van der Waals surface area contributed by atoms with Crippen LogP contribution in [0.4, 0.5) is 0 Å². The van der Waals surface area contributed by atoms with Crippen molar-refractivity contribution in [2.24, 2.45) is 0 Å². The average molecular weight is 597 g/mol. The molecule has 1 heterocycles. The normalized spacial score (nSPS) is 11.6. The number of hydrogen-bond donors (Lipinski definition) is 0. The van der Waals surface area contributed by atoms with Gasteiger partial charge in [-0.2, -0.15) is 4.31 Å². The molecular formula is C31H36N2O6S2. The van der Waals surface area contributed by atoms with Crippen LogP contribution in [0.2, 0.25) is 0 Å². The standard InChI is InChI=1S/C31H36N2O6S2/c1-23-9-12-27(40-23)21-32(16-15-24-10-14-29(38-3)30(19-24)39-4)31(34)22-33(17-18-37-2)41(35,36)28-13-11-25-7-5-6-8-26(25)20-28/h5-14,19-20H,15-18,21-22H2,1-4H3. The summed E-state index contributed by atoms with van der Waals surface area (Å²) >= 11 is 1.62. The molecule has 218 valence electrons. The first-order valence-corrected chi connectivity index (χ1v) is 15.5. The topological polar surface area (TPSA) is 85.4 Å². The van der Waals surface area contributed by atoms with Crippen molar-refractivity contribution in [2.75, 3.05) is 47.6 Å². The van der Waals surface area contributed by atoms with Crippen LogP contribution in [0.5, 0.6) is 11.5 Å². The molecule has 1 aromatic heterocycles. The number of benzene rings is 3. The minimum Gasteiger partial charge on any atom is -0.493 e. The van der Waals surface area contributed by atoms with Crippen molar-refractivity contribution >= 4 is 38.0 Å². The predicted octanol–water partition coefficient (Wildman–Crippen LogP) is 5.14. The summed E-state index contributed by atoms with van der Waals surface area (Å²) in [5, 5.41) is 1.76. The van der Waals surface area contributed by atoms with Gasteiger partial charge in [-0.1, -0.05) is 36.4 Å². The molecule has 4 aromatic rings. The Hall–Kier alpha value is -3.44. The molecule has 41 heavy (non-hydrogen) atoms. The number of ether oxygens (including phenoxy) is 3. The maximum atomic E-state index is 13.8. The quantitative estimate of drug-likeness (QED) is 0.201. The zero-order valence-electron chi connectivity index (χ0n) is 23.8. The van der Waals surface area contributed by atoms with Crippen molar-refractivity contribution in [1.29, 1.82) is 0 Å². The number of fused-ring (bicyclic) bond motifs is 1.